The van der Waals surface area contributed by atoms with Crippen LogP contribution in [0.15, 0.2) is 30.3 Å². The first-order chi connectivity index (χ1) is 7.24. The van der Waals surface area contributed by atoms with Crippen molar-refractivity contribution in [2.45, 2.75) is 0 Å². The number of thiazole rings is 1. The second-order valence-corrected chi connectivity index (χ2v) is 3.90. The summed E-state index contributed by atoms with van der Waals surface area (Å²) < 4.78 is 1.56. The first-order valence-corrected chi connectivity index (χ1v) is 5.07. The molecule has 2 rings (SSSR count). The summed E-state index contributed by atoms with van der Waals surface area (Å²) in [6.45, 7) is 0. The Hall–Kier alpha value is -2.06. The second kappa shape index (κ2) is 3.59. The third-order valence-electron chi connectivity index (χ3n) is 1.99. The molecule has 0 radical (unpaired) electrons. The van der Waals surface area contributed by atoms with Crippen LogP contribution in [0.1, 0.15) is 4.88 Å². The van der Waals surface area contributed by atoms with E-state index in [1.807, 2.05) is 36.4 Å². The third kappa shape index (κ3) is 1.51. The molecule has 0 saturated carbocycles. The van der Waals surface area contributed by atoms with Crippen molar-refractivity contribution in [2.24, 2.45) is 0 Å². The van der Waals surface area contributed by atoms with Crippen LogP contribution in [-0.2, 0) is 0 Å². The highest BCUT2D eigenvalue weighted by Gasteiger charge is 2.10. The van der Waals surface area contributed by atoms with E-state index in [9.17, 15) is 0 Å². The molecule has 3 N–H and O–H groups in total. The standard InChI is InChI=1S/C10H8N4S/c11-6-8-9(12)14(10(13)15-8)7-4-2-1-3-5-7/h1-5,13H,12H2. The topological polar surface area (TPSA) is 78.6 Å². The van der Waals surface area contributed by atoms with E-state index < -0.39 is 0 Å². The van der Waals surface area contributed by atoms with Crippen LogP contribution in [-0.4, -0.2) is 4.57 Å². The van der Waals surface area contributed by atoms with E-state index in [0.717, 1.165) is 17.0 Å². The molecule has 1 aromatic heterocycles. The highest BCUT2D eigenvalue weighted by molar-refractivity contribution is 7.10. The van der Waals surface area contributed by atoms with Crippen molar-refractivity contribution in [1.29, 1.82) is 10.7 Å². The molecule has 74 valence electrons. The molecule has 2 aromatic rings. The number of hydrogen-bond donors (Lipinski definition) is 2. The zero-order valence-electron chi connectivity index (χ0n) is 7.77. The molecule has 1 aromatic carbocycles. The Kier molecular flexibility index (Phi) is 2.27. The molecule has 0 fully saturated rings. The molecule has 0 spiro atoms. The fraction of sp³-hybridized carbons (Fsp3) is 0. The maximum Gasteiger partial charge on any atom is 0.189 e. The monoisotopic (exact) mass is 216 g/mol. The van der Waals surface area contributed by atoms with Gasteiger partial charge >= 0.3 is 0 Å². The summed E-state index contributed by atoms with van der Waals surface area (Å²) in [6, 6.07) is 11.3. The molecule has 0 aliphatic heterocycles. The molecule has 4 nitrogen and oxygen atoms in total. The molecule has 15 heavy (non-hydrogen) atoms. The van der Waals surface area contributed by atoms with E-state index in [4.69, 9.17) is 16.4 Å². The van der Waals surface area contributed by atoms with Crippen LogP contribution in [0, 0.1) is 16.7 Å². The maximum atomic E-state index is 8.79. The lowest BCUT2D eigenvalue weighted by Gasteiger charge is -2.03. The van der Waals surface area contributed by atoms with Crippen molar-refractivity contribution in [1.82, 2.24) is 4.57 Å². The average molecular weight is 216 g/mol. The van der Waals surface area contributed by atoms with Gasteiger partial charge < -0.3 is 5.73 Å². The number of para-hydroxylation sites is 1. The number of nitrogens with zero attached hydrogens (tertiary/aromatic N) is 2. The van der Waals surface area contributed by atoms with Gasteiger partial charge in [-0.3, -0.25) is 9.98 Å². The van der Waals surface area contributed by atoms with Crippen molar-refractivity contribution >= 4 is 17.2 Å². The minimum atomic E-state index is 0.259. The van der Waals surface area contributed by atoms with Crippen molar-refractivity contribution in [3.05, 3.63) is 40.0 Å². The Morgan fingerprint density at radius 1 is 1.33 bits per heavy atom. The van der Waals surface area contributed by atoms with Gasteiger partial charge in [0.1, 0.15) is 16.8 Å². The Labute approximate surface area is 90.3 Å². The maximum absolute atomic E-state index is 8.79. The van der Waals surface area contributed by atoms with Gasteiger partial charge in [0.25, 0.3) is 0 Å². The largest absolute Gasteiger partial charge is 0.383 e. The molecule has 0 bridgehead atoms. The summed E-state index contributed by atoms with van der Waals surface area (Å²) in [4.78, 5) is 0.638. The number of nitrogen functional groups attached to an aromatic ring is 1. The highest BCUT2D eigenvalue weighted by Crippen LogP contribution is 2.17. The number of nitrogens with two attached hydrogens (primary N) is 1. The van der Waals surface area contributed by atoms with Crippen molar-refractivity contribution in [3.63, 3.8) is 0 Å². The fourth-order valence-corrected chi connectivity index (χ4v) is 2.05. The molecular formula is C10H8N4S. The van der Waals surface area contributed by atoms with Crippen LogP contribution >= 0.6 is 11.3 Å². The number of nitriles is 1. The van der Waals surface area contributed by atoms with Gasteiger partial charge in [0, 0.05) is 5.69 Å². The third-order valence-corrected chi connectivity index (χ3v) is 2.87. The minimum absolute atomic E-state index is 0.259. The van der Waals surface area contributed by atoms with Gasteiger partial charge in [-0.05, 0) is 12.1 Å². The zero-order chi connectivity index (χ0) is 10.8. The fourth-order valence-electron chi connectivity index (χ4n) is 1.32. The van der Waals surface area contributed by atoms with Gasteiger partial charge in [0.05, 0.1) is 0 Å². The van der Waals surface area contributed by atoms with E-state index in [-0.39, 0.29) is 4.80 Å². The number of anilines is 1. The number of nitrogens with one attached hydrogen (secondary N) is 1. The molecule has 0 unspecified atom stereocenters. The molecule has 0 atom stereocenters. The van der Waals surface area contributed by atoms with Crippen LogP contribution in [0.4, 0.5) is 5.82 Å². The Morgan fingerprint density at radius 2 is 2.00 bits per heavy atom. The summed E-state index contributed by atoms with van der Waals surface area (Å²) in [5.74, 6) is 0.332. The molecule has 0 aliphatic carbocycles. The van der Waals surface area contributed by atoms with Crippen LogP contribution in [0.25, 0.3) is 5.69 Å². The number of hydrogen-bond acceptors (Lipinski definition) is 4. The summed E-state index contributed by atoms with van der Waals surface area (Å²) >= 11 is 1.08. The van der Waals surface area contributed by atoms with Gasteiger partial charge in [-0.2, -0.15) is 5.26 Å². The van der Waals surface area contributed by atoms with Gasteiger partial charge in [-0.25, -0.2) is 0 Å². The van der Waals surface area contributed by atoms with Crippen molar-refractivity contribution in [2.75, 3.05) is 5.73 Å². The van der Waals surface area contributed by atoms with Crippen molar-refractivity contribution < 1.29 is 0 Å². The predicted octanol–water partition coefficient (Wildman–Crippen LogP) is 1.47. The van der Waals surface area contributed by atoms with E-state index in [1.54, 1.807) is 4.57 Å². The minimum Gasteiger partial charge on any atom is -0.383 e. The molecule has 0 saturated heterocycles. The number of benzene rings is 1. The second-order valence-electron chi connectivity index (χ2n) is 2.90. The number of rotatable bonds is 1. The Morgan fingerprint density at radius 3 is 2.53 bits per heavy atom. The first kappa shape index (κ1) is 9.49. The van der Waals surface area contributed by atoms with E-state index >= 15 is 0 Å². The Balaban J connectivity index is 2.70. The summed E-state index contributed by atoms with van der Waals surface area (Å²) in [5.41, 5.74) is 6.58. The smallest absolute Gasteiger partial charge is 0.189 e. The lowest BCUT2D eigenvalue weighted by atomic mass is 10.3. The number of aromatic nitrogens is 1. The lowest BCUT2D eigenvalue weighted by molar-refractivity contribution is 0.990. The average Bonchev–Trinajstić information content (AvgIpc) is 2.55. The van der Waals surface area contributed by atoms with Gasteiger partial charge in [-0.15, -0.1) is 0 Å². The van der Waals surface area contributed by atoms with E-state index in [1.165, 1.54) is 0 Å². The molecule has 0 aliphatic rings. The molecule has 0 amide bonds. The summed E-state index contributed by atoms with van der Waals surface area (Å²) in [7, 11) is 0. The van der Waals surface area contributed by atoms with Crippen LogP contribution in [0.3, 0.4) is 0 Å². The first-order valence-electron chi connectivity index (χ1n) is 4.25. The SMILES string of the molecule is N#Cc1sc(=N)n(-c2ccccc2)c1N. The highest BCUT2D eigenvalue weighted by atomic mass is 32.1. The molecule has 1 heterocycles. The summed E-state index contributed by atoms with van der Waals surface area (Å²) in [5, 5.41) is 16.5. The van der Waals surface area contributed by atoms with Crippen LogP contribution in [0.5, 0.6) is 0 Å². The van der Waals surface area contributed by atoms with Gasteiger partial charge in [-0.1, -0.05) is 29.5 Å². The van der Waals surface area contributed by atoms with Crippen LogP contribution in [0.2, 0.25) is 0 Å². The zero-order valence-corrected chi connectivity index (χ0v) is 8.58. The van der Waals surface area contributed by atoms with Gasteiger partial charge in [0.15, 0.2) is 4.80 Å². The van der Waals surface area contributed by atoms with Gasteiger partial charge in [0.2, 0.25) is 0 Å². The van der Waals surface area contributed by atoms with Crippen molar-refractivity contribution in [3.8, 4) is 11.8 Å². The lowest BCUT2D eigenvalue weighted by Crippen LogP contribution is -2.13. The summed E-state index contributed by atoms with van der Waals surface area (Å²) in [6.07, 6.45) is 0. The van der Waals surface area contributed by atoms with E-state index in [2.05, 4.69) is 0 Å². The Bertz CT molecular complexity index is 574. The molecular weight excluding hydrogens is 208 g/mol. The molecule has 5 heteroatoms. The normalized spacial score (nSPS) is 9.80. The van der Waals surface area contributed by atoms with Crippen LogP contribution < -0.4 is 10.5 Å². The quantitative estimate of drug-likeness (QED) is 0.757. The predicted molar refractivity (Wildman–Crippen MR) is 58.6 cm³/mol. The van der Waals surface area contributed by atoms with E-state index in [0.29, 0.717) is 10.7 Å².